The quantitative estimate of drug-likeness (QED) is 0.793. The van der Waals surface area contributed by atoms with Crippen LogP contribution in [0.5, 0.6) is 5.75 Å². The van der Waals surface area contributed by atoms with E-state index in [0.29, 0.717) is 0 Å². The Kier molecular flexibility index (Phi) is 3.55. The SMILES string of the molecule is CCc1ccc(C=Nc2ccc(O)cc2)cc1. The number of aliphatic imine (C=N–C) groups is 1. The van der Waals surface area contributed by atoms with Gasteiger partial charge < -0.3 is 5.11 Å². The zero-order valence-corrected chi connectivity index (χ0v) is 9.80. The lowest BCUT2D eigenvalue weighted by Gasteiger charge is -1.97. The summed E-state index contributed by atoms with van der Waals surface area (Å²) in [7, 11) is 0. The number of benzene rings is 2. The van der Waals surface area contributed by atoms with Gasteiger partial charge in [0.1, 0.15) is 5.75 Å². The molecule has 2 aromatic rings. The first kappa shape index (κ1) is 11.4. The zero-order valence-electron chi connectivity index (χ0n) is 9.80. The first-order valence-corrected chi connectivity index (χ1v) is 5.70. The fourth-order valence-corrected chi connectivity index (χ4v) is 1.53. The molecule has 0 aliphatic carbocycles. The van der Waals surface area contributed by atoms with E-state index in [1.807, 2.05) is 6.21 Å². The number of aromatic hydroxyl groups is 1. The van der Waals surface area contributed by atoms with Crippen LogP contribution in [0.15, 0.2) is 53.5 Å². The van der Waals surface area contributed by atoms with Crippen molar-refractivity contribution in [2.24, 2.45) is 4.99 Å². The highest BCUT2D eigenvalue weighted by Crippen LogP contribution is 2.16. The number of aryl methyl sites for hydroxylation is 1. The number of hydrogen-bond acceptors (Lipinski definition) is 2. The van der Waals surface area contributed by atoms with Crippen molar-refractivity contribution in [2.45, 2.75) is 13.3 Å². The third-order valence-electron chi connectivity index (χ3n) is 2.60. The zero-order chi connectivity index (χ0) is 12.1. The minimum atomic E-state index is 0.260. The van der Waals surface area contributed by atoms with E-state index < -0.39 is 0 Å². The summed E-state index contributed by atoms with van der Waals surface area (Å²) in [6.45, 7) is 2.14. The van der Waals surface area contributed by atoms with Crippen LogP contribution in [0.25, 0.3) is 0 Å². The van der Waals surface area contributed by atoms with Gasteiger partial charge >= 0.3 is 0 Å². The van der Waals surface area contributed by atoms with E-state index in [1.165, 1.54) is 5.56 Å². The summed E-state index contributed by atoms with van der Waals surface area (Å²) in [5.41, 5.74) is 3.24. The summed E-state index contributed by atoms with van der Waals surface area (Å²) in [6, 6.07) is 15.2. The first-order valence-electron chi connectivity index (χ1n) is 5.70. The maximum absolute atomic E-state index is 9.15. The van der Waals surface area contributed by atoms with Crippen molar-refractivity contribution in [3.63, 3.8) is 0 Å². The molecule has 0 aliphatic rings. The van der Waals surface area contributed by atoms with Crippen LogP contribution in [0.4, 0.5) is 5.69 Å². The summed E-state index contributed by atoms with van der Waals surface area (Å²) in [5.74, 6) is 0.260. The largest absolute Gasteiger partial charge is 0.508 e. The van der Waals surface area contributed by atoms with Crippen LogP contribution in [0.3, 0.4) is 0 Å². The van der Waals surface area contributed by atoms with E-state index in [9.17, 15) is 0 Å². The molecule has 2 heteroatoms. The second kappa shape index (κ2) is 5.30. The van der Waals surface area contributed by atoms with Crippen LogP contribution >= 0.6 is 0 Å². The molecule has 1 N–H and O–H groups in total. The highest BCUT2D eigenvalue weighted by atomic mass is 16.3. The maximum atomic E-state index is 9.15. The van der Waals surface area contributed by atoms with Crippen LogP contribution in [-0.4, -0.2) is 11.3 Å². The van der Waals surface area contributed by atoms with Crippen molar-refractivity contribution < 1.29 is 5.11 Å². The van der Waals surface area contributed by atoms with Gasteiger partial charge in [0.2, 0.25) is 0 Å². The van der Waals surface area contributed by atoms with Gasteiger partial charge in [-0.25, -0.2) is 0 Å². The Bertz CT molecular complexity index is 497. The fraction of sp³-hybridized carbons (Fsp3) is 0.133. The first-order chi connectivity index (χ1) is 8.28. The predicted molar refractivity (Wildman–Crippen MR) is 71.2 cm³/mol. The summed E-state index contributed by atoms with van der Waals surface area (Å²) in [6.07, 6.45) is 2.88. The van der Waals surface area contributed by atoms with E-state index in [0.717, 1.165) is 17.7 Å². The van der Waals surface area contributed by atoms with Gasteiger partial charge in [-0.1, -0.05) is 31.2 Å². The van der Waals surface area contributed by atoms with E-state index in [1.54, 1.807) is 24.3 Å². The molecule has 86 valence electrons. The van der Waals surface area contributed by atoms with E-state index in [-0.39, 0.29) is 5.75 Å². The molecule has 0 saturated heterocycles. The lowest BCUT2D eigenvalue weighted by atomic mass is 10.1. The Morgan fingerprint density at radius 1 is 1.00 bits per heavy atom. The molecule has 0 radical (unpaired) electrons. The van der Waals surface area contributed by atoms with Gasteiger partial charge in [-0.3, -0.25) is 4.99 Å². The smallest absolute Gasteiger partial charge is 0.115 e. The van der Waals surface area contributed by atoms with Crippen molar-refractivity contribution in [3.05, 3.63) is 59.7 Å². The van der Waals surface area contributed by atoms with Gasteiger partial charge in [-0.15, -0.1) is 0 Å². The third kappa shape index (κ3) is 3.18. The van der Waals surface area contributed by atoms with Crippen molar-refractivity contribution in [3.8, 4) is 5.75 Å². The molecule has 0 bridgehead atoms. The molecule has 2 rings (SSSR count). The van der Waals surface area contributed by atoms with Gasteiger partial charge in [0.25, 0.3) is 0 Å². The average molecular weight is 225 g/mol. The van der Waals surface area contributed by atoms with Crippen molar-refractivity contribution in [2.75, 3.05) is 0 Å². The van der Waals surface area contributed by atoms with Gasteiger partial charge in [0.15, 0.2) is 0 Å². The van der Waals surface area contributed by atoms with E-state index in [2.05, 4.69) is 36.2 Å². The lowest BCUT2D eigenvalue weighted by Crippen LogP contribution is -1.83. The Morgan fingerprint density at radius 2 is 1.65 bits per heavy atom. The Hall–Kier alpha value is -2.09. The summed E-state index contributed by atoms with van der Waals surface area (Å²) < 4.78 is 0. The Balaban J connectivity index is 2.11. The minimum absolute atomic E-state index is 0.260. The second-order valence-corrected chi connectivity index (χ2v) is 3.87. The molecule has 0 heterocycles. The number of hydrogen-bond donors (Lipinski definition) is 1. The number of phenols is 1. The highest BCUT2D eigenvalue weighted by Gasteiger charge is 1.91. The summed E-state index contributed by atoms with van der Waals surface area (Å²) >= 11 is 0. The van der Waals surface area contributed by atoms with Crippen LogP contribution in [0.2, 0.25) is 0 Å². The molecular weight excluding hydrogens is 210 g/mol. The van der Waals surface area contributed by atoms with Gasteiger partial charge in [0, 0.05) is 6.21 Å². The van der Waals surface area contributed by atoms with Gasteiger partial charge in [-0.2, -0.15) is 0 Å². The number of rotatable bonds is 3. The average Bonchev–Trinajstić information content (AvgIpc) is 2.39. The molecule has 17 heavy (non-hydrogen) atoms. The number of phenolic OH excluding ortho intramolecular Hbond substituents is 1. The molecule has 0 aliphatic heterocycles. The minimum Gasteiger partial charge on any atom is -0.508 e. The summed E-state index contributed by atoms with van der Waals surface area (Å²) in [5, 5.41) is 9.15. The van der Waals surface area contributed by atoms with E-state index >= 15 is 0 Å². The van der Waals surface area contributed by atoms with Crippen LogP contribution in [0, 0.1) is 0 Å². The normalized spacial score (nSPS) is 10.9. The van der Waals surface area contributed by atoms with Crippen LogP contribution < -0.4 is 0 Å². The third-order valence-corrected chi connectivity index (χ3v) is 2.60. The molecule has 0 aromatic heterocycles. The second-order valence-electron chi connectivity index (χ2n) is 3.87. The van der Waals surface area contributed by atoms with Gasteiger partial charge in [-0.05, 0) is 41.8 Å². The van der Waals surface area contributed by atoms with Crippen molar-refractivity contribution >= 4 is 11.9 Å². The Labute approximate surface area is 101 Å². The number of nitrogens with zero attached hydrogens (tertiary/aromatic N) is 1. The monoisotopic (exact) mass is 225 g/mol. The molecule has 0 spiro atoms. The molecular formula is C15H15NO. The predicted octanol–water partition coefficient (Wildman–Crippen LogP) is 3.71. The molecule has 2 nitrogen and oxygen atoms in total. The molecule has 2 aromatic carbocycles. The molecule has 0 unspecified atom stereocenters. The standard InChI is InChI=1S/C15H15NO/c1-2-12-3-5-13(6-4-12)11-16-14-7-9-15(17)10-8-14/h3-11,17H,2H2,1H3. The highest BCUT2D eigenvalue weighted by molar-refractivity contribution is 5.81. The Morgan fingerprint density at radius 3 is 2.24 bits per heavy atom. The molecule has 0 fully saturated rings. The maximum Gasteiger partial charge on any atom is 0.115 e. The van der Waals surface area contributed by atoms with Gasteiger partial charge in [0.05, 0.1) is 5.69 Å². The molecule has 0 atom stereocenters. The topological polar surface area (TPSA) is 32.6 Å². The van der Waals surface area contributed by atoms with Crippen molar-refractivity contribution in [1.82, 2.24) is 0 Å². The van der Waals surface area contributed by atoms with Crippen molar-refractivity contribution in [1.29, 1.82) is 0 Å². The lowest BCUT2D eigenvalue weighted by molar-refractivity contribution is 0.475. The van der Waals surface area contributed by atoms with Crippen LogP contribution in [-0.2, 0) is 6.42 Å². The molecule has 0 saturated carbocycles. The van der Waals surface area contributed by atoms with Crippen LogP contribution in [0.1, 0.15) is 18.1 Å². The fourth-order valence-electron chi connectivity index (χ4n) is 1.53. The summed E-state index contributed by atoms with van der Waals surface area (Å²) in [4.78, 5) is 4.34. The van der Waals surface area contributed by atoms with E-state index in [4.69, 9.17) is 5.11 Å². The molecule has 0 amide bonds.